The Balaban J connectivity index is 1.29. The molecular weight excluding hydrogens is 444 g/mol. The number of allylic oxidation sites excluding steroid dienone is 9. The number of hydrogen-bond acceptors (Lipinski definition) is 0. The lowest BCUT2D eigenvalue weighted by molar-refractivity contribution is 0.272. The third kappa shape index (κ3) is 2.72. The van der Waals surface area contributed by atoms with Crippen LogP contribution >= 0.6 is 0 Å². The van der Waals surface area contributed by atoms with Gasteiger partial charge in [-0.05, 0) is 88.9 Å². The molecule has 14 aliphatic rings. The summed E-state index contributed by atoms with van der Waals surface area (Å²) < 4.78 is 0. The maximum absolute atomic E-state index is 4.56. The molecule has 0 heterocycles. The van der Waals surface area contributed by atoms with E-state index in [-0.39, 0.29) is 0 Å². The SMILES string of the molecule is C(=C1C2=C([CH+]C3=C1C1CCC3CC1)C1CCC2CC1)=C1C2=C([CH-]C3=C1C1CCC3CC1)C1CCC2CC1. The summed E-state index contributed by atoms with van der Waals surface area (Å²) in [5.74, 6) is 6.64. The Hall–Kier alpha value is -1.78. The molecule has 0 unspecified atom stereocenters. The Morgan fingerprint density at radius 1 is 0.405 bits per heavy atom. The van der Waals surface area contributed by atoms with E-state index in [1.165, 1.54) is 103 Å². The highest BCUT2D eigenvalue weighted by Gasteiger charge is 2.52. The zero-order valence-corrected chi connectivity index (χ0v) is 22.6. The van der Waals surface area contributed by atoms with Crippen LogP contribution in [0.4, 0.5) is 0 Å². The number of hydrogen-bond donors (Lipinski definition) is 0. The molecule has 0 aromatic heterocycles. The Kier molecular flexibility index (Phi) is 4.24. The van der Waals surface area contributed by atoms with Crippen LogP contribution in [-0.4, -0.2) is 0 Å². The molecule has 0 atom stereocenters. The summed E-state index contributed by atoms with van der Waals surface area (Å²) in [5, 5.41) is 0. The molecule has 0 radical (unpaired) electrons. The van der Waals surface area contributed by atoms with Crippen LogP contribution in [0.3, 0.4) is 0 Å². The molecule has 37 heavy (non-hydrogen) atoms. The van der Waals surface area contributed by atoms with Crippen molar-refractivity contribution >= 4 is 0 Å². The molecule has 0 heteroatoms. The maximum Gasteiger partial charge on any atom is 0.131 e. The van der Waals surface area contributed by atoms with Gasteiger partial charge in [0.1, 0.15) is 5.57 Å². The molecule has 0 spiro atoms. The lowest BCUT2D eigenvalue weighted by Crippen LogP contribution is -2.37. The Morgan fingerprint density at radius 3 is 1.16 bits per heavy atom. The van der Waals surface area contributed by atoms with Gasteiger partial charge in [0.05, 0.1) is 22.3 Å². The van der Waals surface area contributed by atoms with Gasteiger partial charge >= 0.3 is 0 Å². The minimum absolute atomic E-state index is 0.816. The van der Waals surface area contributed by atoms with Crippen LogP contribution in [-0.2, 0) is 0 Å². The van der Waals surface area contributed by atoms with Gasteiger partial charge in [0.25, 0.3) is 0 Å². The van der Waals surface area contributed by atoms with Crippen molar-refractivity contribution in [2.24, 2.45) is 47.3 Å². The van der Waals surface area contributed by atoms with Crippen molar-refractivity contribution in [1.29, 1.82) is 0 Å². The highest BCUT2D eigenvalue weighted by atomic mass is 14.5. The fourth-order valence-electron chi connectivity index (χ4n) is 11.8. The van der Waals surface area contributed by atoms with Crippen molar-refractivity contribution in [3.63, 3.8) is 0 Å². The van der Waals surface area contributed by atoms with Gasteiger partial charge in [0.15, 0.2) is 0 Å². The van der Waals surface area contributed by atoms with Gasteiger partial charge in [-0.2, -0.15) is 6.42 Å². The third-order valence-electron chi connectivity index (χ3n) is 13.5. The summed E-state index contributed by atoms with van der Waals surface area (Å²) in [7, 11) is 0. The largest absolute Gasteiger partial charge is 0.163 e. The Labute approximate surface area is 224 Å². The van der Waals surface area contributed by atoms with E-state index in [9.17, 15) is 0 Å². The molecule has 0 aliphatic heterocycles. The van der Waals surface area contributed by atoms with Crippen LogP contribution in [0.2, 0.25) is 0 Å². The Bertz CT molecular complexity index is 1090. The first-order valence-corrected chi connectivity index (χ1v) is 16.5. The van der Waals surface area contributed by atoms with E-state index >= 15 is 0 Å². The minimum Gasteiger partial charge on any atom is -0.163 e. The first-order chi connectivity index (χ1) is 18.3. The summed E-state index contributed by atoms with van der Waals surface area (Å²) in [6, 6.07) is 0. The average Bonchev–Trinajstić information content (AvgIpc) is 2.99. The first kappa shape index (κ1) is 21.1. The summed E-state index contributed by atoms with van der Waals surface area (Å²) in [4.78, 5) is 0. The van der Waals surface area contributed by atoms with Gasteiger partial charge in [-0.3, -0.25) is 0 Å². The van der Waals surface area contributed by atoms with E-state index < -0.39 is 0 Å². The molecule has 0 nitrogen and oxygen atoms in total. The number of fused-ring (bicyclic) bond motifs is 8. The van der Waals surface area contributed by atoms with Crippen molar-refractivity contribution in [2.45, 2.75) is 103 Å². The van der Waals surface area contributed by atoms with Crippen molar-refractivity contribution in [1.82, 2.24) is 0 Å². The van der Waals surface area contributed by atoms with E-state index in [2.05, 4.69) is 18.6 Å². The summed E-state index contributed by atoms with van der Waals surface area (Å²) in [5.41, 5.74) is 22.4. The highest BCUT2D eigenvalue weighted by molar-refractivity contribution is 5.69. The summed E-state index contributed by atoms with van der Waals surface area (Å²) in [6.07, 6.45) is 28.8. The van der Waals surface area contributed by atoms with Gasteiger partial charge in [0.2, 0.25) is 0 Å². The zero-order chi connectivity index (χ0) is 23.8. The molecular formula is C37H42. The van der Waals surface area contributed by atoms with Gasteiger partial charge < -0.3 is 0 Å². The predicted octanol–water partition coefficient (Wildman–Crippen LogP) is 9.34. The van der Waals surface area contributed by atoms with Gasteiger partial charge in [-0.1, -0.05) is 43.1 Å². The monoisotopic (exact) mass is 486 g/mol. The second-order valence-electron chi connectivity index (χ2n) is 14.8. The van der Waals surface area contributed by atoms with Crippen LogP contribution in [0.25, 0.3) is 0 Å². The van der Waals surface area contributed by atoms with Crippen molar-refractivity contribution < 1.29 is 0 Å². The van der Waals surface area contributed by atoms with Crippen molar-refractivity contribution in [3.05, 3.63) is 74.3 Å². The predicted molar refractivity (Wildman–Crippen MR) is 149 cm³/mol. The highest BCUT2D eigenvalue weighted by Crippen LogP contribution is 2.62. The Morgan fingerprint density at radius 2 is 0.730 bits per heavy atom. The molecule has 0 N–H and O–H groups in total. The first-order valence-electron chi connectivity index (χ1n) is 16.5. The van der Waals surface area contributed by atoms with Crippen LogP contribution < -0.4 is 0 Å². The normalized spacial score (nSPS) is 44.4. The van der Waals surface area contributed by atoms with Crippen molar-refractivity contribution in [2.75, 3.05) is 0 Å². The second kappa shape index (κ2) is 7.45. The molecule has 0 amide bonds. The van der Waals surface area contributed by atoms with Gasteiger partial charge in [0, 0.05) is 30.1 Å². The average molecular weight is 487 g/mol. The summed E-state index contributed by atoms with van der Waals surface area (Å²) in [6.45, 7) is 0. The molecule has 14 aliphatic carbocycles. The molecule has 4 fully saturated rings. The van der Waals surface area contributed by atoms with E-state index in [0.29, 0.717) is 0 Å². The number of rotatable bonds is 0. The van der Waals surface area contributed by atoms with Crippen LogP contribution in [0, 0.1) is 60.2 Å². The minimum atomic E-state index is 0.816. The fourth-order valence-corrected chi connectivity index (χ4v) is 11.8. The smallest absolute Gasteiger partial charge is 0.131 e. The van der Waals surface area contributed by atoms with Crippen LogP contribution in [0.15, 0.2) is 61.5 Å². The van der Waals surface area contributed by atoms with Crippen molar-refractivity contribution in [3.8, 4) is 0 Å². The lowest BCUT2D eigenvalue weighted by atomic mass is 9.53. The molecule has 8 bridgehead atoms. The quantitative estimate of drug-likeness (QED) is 0.236. The molecule has 0 aromatic carbocycles. The fraction of sp³-hybridized carbons (Fsp3) is 0.649. The van der Waals surface area contributed by atoms with E-state index in [1.807, 2.05) is 22.3 Å². The zero-order valence-electron chi connectivity index (χ0n) is 22.6. The molecule has 4 saturated carbocycles. The lowest BCUT2D eigenvalue weighted by Gasteiger charge is -2.56. The van der Waals surface area contributed by atoms with E-state index in [1.54, 1.807) is 33.4 Å². The molecule has 190 valence electrons. The van der Waals surface area contributed by atoms with E-state index in [0.717, 1.165) is 47.3 Å². The second-order valence-corrected chi connectivity index (χ2v) is 14.8. The topological polar surface area (TPSA) is 0 Å². The van der Waals surface area contributed by atoms with Gasteiger partial charge in [-0.15, -0.1) is 28.0 Å². The molecule has 0 aromatic rings. The van der Waals surface area contributed by atoms with E-state index in [4.69, 9.17) is 0 Å². The third-order valence-corrected chi connectivity index (χ3v) is 13.5. The molecule has 14 rings (SSSR count). The van der Waals surface area contributed by atoms with Crippen LogP contribution in [0.1, 0.15) is 103 Å². The standard InChI is InChI=1S/C37H42/c1-9-24-10-2-20(1)28-17-29-21-3-11-25(12-4-21)35(29)32(34(24)28)19-33-36-26-13-5-22(6-14-26)30(36)18-31-23-7-15-27(16-8-23)37(31)33/h17-18,20-27H,1-16H2. The molecule has 0 saturated heterocycles. The summed E-state index contributed by atoms with van der Waals surface area (Å²) >= 11 is 0. The van der Waals surface area contributed by atoms with Gasteiger partial charge in [-0.25, -0.2) is 0 Å². The van der Waals surface area contributed by atoms with Crippen LogP contribution in [0.5, 0.6) is 0 Å². The maximum atomic E-state index is 4.56.